The zero-order valence-electron chi connectivity index (χ0n) is 8.74. The van der Waals surface area contributed by atoms with Crippen molar-refractivity contribution in [1.82, 2.24) is 15.5 Å². The number of nitrogens with zero attached hydrogens (tertiary/aromatic N) is 2. The molecule has 1 aromatic heterocycles. The zero-order valence-corrected chi connectivity index (χ0v) is 8.74. The van der Waals surface area contributed by atoms with Gasteiger partial charge in [0.2, 0.25) is 0 Å². The highest BCUT2D eigenvalue weighted by molar-refractivity contribution is 6.08. The van der Waals surface area contributed by atoms with E-state index in [0.717, 1.165) is 5.70 Å². The number of aliphatic imine (C=N–C) groups is 1. The fraction of sp³-hybridized carbons (Fsp3) is 0.400. The van der Waals surface area contributed by atoms with E-state index in [2.05, 4.69) is 20.5 Å². The molecule has 0 saturated heterocycles. The number of nitrogens with one attached hydrogen (secondary N) is 2. The van der Waals surface area contributed by atoms with Crippen molar-refractivity contribution >= 4 is 5.71 Å². The lowest BCUT2D eigenvalue weighted by Gasteiger charge is -2.22. The summed E-state index contributed by atoms with van der Waals surface area (Å²) in [6.07, 6.45) is 0.297. The first-order valence-electron chi connectivity index (χ1n) is 5.03. The van der Waals surface area contributed by atoms with Crippen molar-refractivity contribution in [3.63, 3.8) is 0 Å². The van der Waals surface area contributed by atoms with Gasteiger partial charge in [-0.1, -0.05) is 6.92 Å². The van der Waals surface area contributed by atoms with Crippen LogP contribution in [-0.2, 0) is 0 Å². The molecule has 1 aliphatic heterocycles. The average Bonchev–Trinajstić information content (AvgIpc) is 2.81. The van der Waals surface area contributed by atoms with E-state index in [-0.39, 0.29) is 0 Å². The Morgan fingerprint density at radius 3 is 2.88 bits per heavy atom. The second-order valence-electron chi connectivity index (χ2n) is 3.43. The van der Waals surface area contributed by atoms with Gasteiger partial charge in [-0.25, -0.2) is 8.78 Å². The summed E-state index contributed by atoms with van der Waals surface area (Å²) in [5, 5.41) is 9.17. The third-order valence-electron chi connectivity index (χ3n) is 2.32. The van der Waals surface area contributed by atoms with E-state index in [4.69, 9.17) is 0 Å². The zero-order chi connectivity index (χ0) is 11.5. The molecule has 1 atom stereocenters. The first kappa shape index (κ1) is 10.8. The van der Waals surface area contributed by atoms with E-state index >= 15 is 0 Å². The van der Waals surface area contributed by atoms with Gasteiger partial charge < -0.3 is 5.32 Å². The third-order valence-corrected chi connectivity index (χ3v) is 2.32. The average molecular weight is 226 g/mol. The number of H-pyrrole nitrogens is 1. The van der Waals surface area contributed by atoms with E-state index in [1.807, 2.05) is 6.92 Å². The summed E-state index contributed by atoms with van der Waals surface area (Å²) >= 11 is 0. The molecule has 1 aliphatic rings. The highest BCUT2D eigenvalue weighted by atomic mass is 19.3. The molecule has 0 bridgehead atoms. The van der Waals surface area contributed by atoms with Crippen molar-refractivity contribution in [2.45, 2.75) is 25.9 Å². The summed E-state index contributed by atoms with van der Waals surface area (Å²) in [7, 11) is 0. The summed E-state index contributed by atoms with van der Waals surface area (Å²) in [6, 6.07) is 1.70. The Balaban J connectivity index is 2.31. The van der Waals surface area contributed by atoms with Gasteiger partial charge in [0.15, 0.2) is 6.17 Å². The normalized spacial score (nSPS) is 20.4. The lowest BCUT2D eigenvalue weighted by molar-refractivity contribution is 0.106. The molecule has 0 amide bonds. The highest BCUT2D eigenvalue weighted by Crippen LogP contribution is 2.15. The Labute approximate surface area is 91.5 Å². The number of rotatable bonds is 3. The Morgan fingerprint density at radius 1 is 1.50 bits per heavy atom. The maximum absolute atomic E-state index is 12.6. The number of halogens is 2. The monoisotopic (exact) mass is 226 g/mol. The molecular weight excluding hydrogens is 214 g/mol. The van der Waals surface area contributed by atoms with Gasteiger partial charge in [0.25, 0.3) is 6.43 Å². The first-order valence-corrected chi connectivity index (χ1v) is 5.03. The van der Waals surface area contributed by atoms with Crippen molar-refractivity contribution in [1.29, 1.82) is 0 Å². The molecule has 0 fully saturated rings. The van der Waals surface area contributed by atoms with E-state index < -0.39 is 12.6 Å². The third kappa shape index (κ3) is 2.10. The van der Waals surface area contributed by atoms with Gasteiger partial charge in [0.1, 0.15) is 0 Å². The van der Waals surface area contributed by atoms with Crippen LogP contribution in [0.4, 0.5) is 8.78 Å². The van der Waals surface area contributed by atoms with Crippen LogP contribution in [0.1, 0.15) is 19.0 Å². The van der Waals surface area contributed by atoms with Crippen LogP contribution in [0, 0.1) is 0 Å². The SMILES string of the molecule is CCC1=CC(c2ccn[nH]2)=NC(C(F)F)N1. The van der Waals surface area contributed by atoms with Crippen molar-refractivity contribution in [2.75, 3.05) is 0 Å². The Hall–Kier alpha value is -1.72. The van der Waals surface area contributed by atoms with Gasteiger partial charge in [-0.2, -0.15) is 5.10 Å². The second-order valence-corrected chi connectivity index (χ2v) is 3.43. The summed E-state index contributed by atoms with van der Waals surface area (Å²) in [6.45, 7) is 1.90. The number of hydrogen-bond acceptors (Lipinski definition) is 3. The maximum Gasteiger partial charge on any atom is 0.278 e. The minimum Gasteiger partial charge on any atom is -0.362 e. The van der Waals surface area contributed by atoms with Crippen LogP contribution in [0.15, 0.2) is 29.0 Å². The van der Waals surface area contributed by atoms with Gasteiger partial charge in [0, 0.05) is 11.9 Å². The fourth-order valence-electron chi connectivity index (χ4n) is 1.49. The van der Waals surface area contributed by atoms with Crippen molar-refractivity contribution < 1.29 is 8.78 Å². The van der Waals surface area contributed by atoms with Gasteiger partial charge in [0.05, 0.1) is 11.4 Å². The summed E-state index contributed by atoms with van der Waals surface area (Å²) < 4.78 is 25.2. The van der Waals surface area contributed by atoms with Crippen LogP contribution in [0.25, 0.3) is 0 Å². The van der Waals surface area contributed by atoms with Crippen LogP contribution in [0.3, 0.4) is 0 Å². The predicted molar refractivity (Wildman–Crippen MR) is 56.4 cm³/mol. The van der Waals surface area contributed by atoms with Crippen LogP contribution < -0.4 is 5.32 Å². The standard InChI is InChI=1S/C10H12F2N4/c1-2-6-5-8(7-3-4-13-16-7)15-10(14-6)9(11)12/h3-5,9-10,14H,2H2,1H3,(H,13,16). The first-order chi connectivity index (χ1) is 7.70. The van der Waals surface area contributed by atoms with Crippen molar-refractivity contribution in [3.05, 3.63) is 29.7 Å². The molecule has 4 nitrogen and oxygen atoms in total. The second kappa shape index (κ2) is 4.42. The van der Waals surface area contributed by atoms with Crippen molar-refractivity contribution in [2.24, 2.45) is 4.99 Å². The number of allylic oxidation sites excluding steroid dienone is 2. The minimum atomic E-state index is -2.52. The topological polar surface area (TPSA) is 53.1 Å². The summed E-state index contributed by atoms with van der Waals surface area (Å²) in [5.74, 6) is 0. The molecule has 0 spiro atoms. The largest absolute Gasteiger partial charge is 0.362 e. The molecule has 2 heterocycles. The van der Waals surface area contributed by atoms with E-state index in [1.54, 1.807) is 18.3 Å². The van der Waals surface area contributed by atoms with Gasteiger partial charge >= 0.3 is 0 Å². The Kier molecular flexibility index (Phi) is 2.98. The number of alkyl halides is 2. The molecule has 1 unspecified atom stereocenters. The maximum atomic E-state index is 12.6. The molecule has 0 aromatic carbocycles. The Bertz CT molecular complexity index is 408. The minimum absolute atomic E-state index is 0.512. The Morgan fingerprint density at radius 2 is 2.31 bits per heavy atom. The van der Waals surface area contributed by atoms with Crippen LogP contribution in [0.2, 0.25) is 0 Å². The van der Waals surface area contributed by atoms with Gasteiger partial charge in [-0.15, -0.1) is 0 Å². The quantitative estimate of drug-likeness (QED) is 0.824. The number of aromatic amines is 1. The molecule has 0 saturated carbocycles. The molecular formula is C10H12F2N4. The molecule has 1 aromatic rings. The molecule has 0 radical (unpaired) electrons. The molecule has 86 valence electrons. The van der Waals surface area contributed by atoms with E-state index in [9.17, 15) is 8.78 Å². The van der Waals surface area contributed by atoms with Gasteiger partial charge in [-0.05, 0) is 18.6 Å². The lowest BCUT2D eigenvalue weighted by atomic mass is 10.1. The number of aromatic nitrogens is 2. The van der Waals surface area contributed by atoms with Crippen LogP contribution in [-0.4, -0.2) is 28.5 Å². The van der Waals surface area contributed by atoms with Crippen LogP contribution in [0.5, 0.6) is 0 Å². The molecule has 6 heteroatoms. The highest BCUT2D eigenvalue weighted by Gasteiger charge is 2.24. The predicted octanol–water partition coefficient (Wildman–Crippen LogP) is 1.69. The van der Waals surface area contributed by atoms with Gasteiger partial charge in [-0.3, -0.25) is 10.1 Å². The van der Waals surface area contributed by atoms with E-state index in [0.29, 0.717) is 17.8 Å². The fourth-order valence-corrected chi connectivity index (χ4v) is 1.49. The molecule has 16 heavy (non-hydrogen) atoms. The summed E-state index contributed by atoms with van der Waals surface area (Å²) in [5.41, 5.74) is 1.92. The lowest BCUT2D eigenvalue weighted by Crippen LogP contribution is -2.37. The summed E-state index contributed by atoms with van der Waals surface area (Å²) in [4.78, 5) is 3.93. The molecule has 2 N–H and O–H groups in total. The molecule has 0 aliphatic carbocycles. The smallest absolute Gasteiger partial charge is 0.278 e. The van der Waals surface area contributed by atoms with Crippen LogP contribution >= 0.6 is 0 Å². The van der Waals surface area contributed by atoms with E-state index in [1.165, 1.54) is 0 Å². The van der Waals surface area contributed by atoms with Crippen molar-refractivity contribution in [3.8, 4) is 0 Å². The number of hydrogen-bond donors (Lipinski definition) is 2. The molecule has 2 rings (SSSR count).